The lowest BCUT2D eigenvalue weighted by atomic mass is 10.2. The van der Waals surface area contributed by atoms with E-state index >= 15 is 0 Å². The highest BCUT2D eigenvalue weighted by atomic mass is 16.3. The van der Waals surface area contributed by atoms with Crippen molar-refractivity contribution < 1.29 is 9.90 Å². The van der Waals surface area contributed by atoms with Crippen LogP contribution in [0.25, 0.3) is 0 Å². The molecule has 0 aromatic heterocycles. The van der Waals surface area contributed by atoms with Gasteiger partial charge in [0.25, 0.3) is 5.91 Å². The summed E-state index contributed by atoms with van der Waals surface area (Å²) in [6, 6.07) is 6.82. The number of carbonyl (C=O) groups is 1. The highest BCUT2D eigenvalue weighted by Crippen LogP contribution is 2.12. The Balaban J connectivity index is 1.78. The van der Waals surface area contributed by atoms with E-state index in [-0.39, 0.29) is 11.7 Å². The van der Waals surface area contributed by atoms with Gasteiger partial charge in [-0.15, -0.1) is 0 Å². The van der Waals surface area contributed by atoms with Crippen LogP contribution < -0.4 is 10.7 Å². The SMILES string of the molecule is O=C(CN1CCNCC1)N/N=C/c1ccccc1O. The minimum Gasteiger partial charge on any atom is -0.507 e. The van der Waals surface area contributed by atoms with Crippen molar-refractivity contribution in [2.45, 2.75) is 0 Å². The molecule has 1 amide bonds. The van der Waals surface area contributed by atoms with Gasteiger partial charge in [0, 0.05) is 31.7 Å². The molecule has 1 fully saturated rings. The second kappa shape index (κ2) is 6.86. The maximum Gasteiger partial charge on any atom is 0.254 e. The van der Waals surface area contributed by atoms with Crippen molar-refractivity contribution in [3.05, 3.63) is 29.8 Å². The Bertz CT molecular complexity index is 456. The highest BCUT2D eigenvalue weighted by Gasteiger charge is 2.12. The third-order valence-corrected chi connectivity index (χ3v) is 2.91. The van der Waals surface area contributed by atoms with Crippen LogP contribution in [0.15, 0.2) is 29.4 Å². The van der Waals surface area contributed by atoms with Crippen molar-refractivity contribution in [1.29, 1.82) is 0 Å². The van der Waals surface area contributed by atoms with Crippen LogP contribution in [0, 0.1) is 0 Å². The Morgan fingerprint density at radius 3 is 2.89 bits per heavy atom. The smallest absolute Gasteiger partial charge is 0.254 e. The van der Waals surface area contributed by atoms with Crippen molar-refractivity contribution >= 4 is 12.1 Å². The zero-order valence-corrected chi connectivity index (χ0v) is 10.7. The summed E-state index contributed by atoms with van der Waals surface area (Å²) in [4.78, 5) is 13.7. The van der Waals surface area contributed by atoms with Crippen molar-refractivity contribution in [3.8, 4) is 5.75 Å². The summed E-state index contributed by atoms with van der Waals surface area (Å²) < 4.78 is 0. The van der Waals surface area contributed by atoms with Gasteiger partial charge in [-0.1, -0.05) is 12.1 Å². The van der Waals surface area contributed by atoms with Crippen LogP contribution in [0.5, 0.6) is 5.75 Å². The first-order chi connectivity index (χ1) is 9.25. The molecular weight excluding hydrogens is 244 g/mol. The molecule has 1 aliphatic heterocycles. The minimum atomic E-state index is -0.145. The number of nitrogens with one attached hydrogen (secondary N) is 2. The number of phenols is 1. The van der Waals surface area contributed by atoms with E-state index in [0.717, 1.165) is 26.2 Å². The fourth-order valence-corrected chi connectivity index (χ4v) is 1.88. The number of piperazine rings is 1. The van der Waals surface area contributed by atoms with Crippen molar-refractivity contribution in [2.75, 3.05) is 32.7 Å². The molecule has 0 radical (unpaired) electrons. The van der Waals surface area contributed by atoms with Gasteiger partial charge in [0.1, 0.15) is 5.75 Å². The van der Waals surface area contributed by atoms with Gasteiger partial charge in [-0.05, 0) is 12.1 Å². The summed E-state index contributed by atoms with van der Waals surface area (Å²) in [5.41, 5.74) is 3.04. The Morgan fingerprint density at radius 1 is 1.42 bits per heavy atom. The summed E-state index contributed by atoms with van der Waals surface area (Å²) in [6.45, 7) is 3.91. The second-order valence-electron chi connectivity index (χ2n) is 4.38. The summed E-state index contributed by atoms with van der Waals surface area (Å²) in [5.74, 6) is -0.00354. The third-order valence-electron chi connectivity index (χ3n) is 2.91. The highest BCUT2D eigenvalue weighted by molar-refractivity contribution is 5.85. The predicted molar refractivity (Wildman–Crippen MR) is 73.2 cm³/mol. The van der Waals surface area contributed by atoms with E-state index in [2.05, 4.69) is 20.7 Å². The maximum atomic E-state index is 11.6. The fraction of sp³-hybridized carbons (Fsp3) is 0.385. The van der Waals surface area contributed by atoms with Crippen LogP contribution in [0.2, 0.25) is 0 Å². The molecule has 102 valence electrons. The van der Waals surface area contributed by atoms with Crippen LogP contribution in [-0.4, -0.2) is 54.9 Å². The largest absolute Gasteiger partial charge is 0.507 e. The molecule has 3 N–H and O–H groups in total. The quantitative estimate of drug-likeness (QED) is 0.516. The van der Waals surface area contributed by atoms with Gasteiger partial charge in [-0.3, -0.25) is 9.69 Å². The van der Waals surface area contributed by atoms with Crippen molar-refractivity contribution in [3.63, 3.8) is 0 Å². The van der Waals surface area contributed by atoms with Crippen molar-refractivity contribution in [2.24, 2.45) is 5.10 Å². The Morgan fingerprint density at radius 2 is 2.16 bits per heavy atom. The van der Waals surface area contributed by atoms with E-state index in [1.54, 1.807) is 24.3 Å². The minimum absolute atomic E-state index is 0.141. The average molecular weight is 262 g/mol. The molecule has 2 rings (SSSR count). The van der Waals surface area contributed by atoms with E-state index in [4.69, 9.17) is 0 Å². The number of hydrogen-bond donors (Lipinski definition) is 3. The van der Waals surface area contributed by atoms with Gasteiger partial charge in [0.2, 0.25) is 0 Å². The molecule has 6 nitrogen and oxygen atoms in total. The molecule has 1 saturated heterocycles. The maximum absolute atomic E-state index is 11.6. The molecule has 1 aromatic rings. The normalized spacial score (nSPS) is 16.6. The van der Waals surface area contributed by atoms with Gasteiger partial charge in [0.15, 0.2) is 0 Å². The van der Waals surface area contributed by atoms with E-state index < -0.39 is 0 Å². The number of para-hydroxylation sites is 1. The van der Waals surface area contributed by atoms with Crippen LogP contribution in [0.3, 0.4) is 0 Å². The molecule has 19 heavy (non-hydrogen) atoms. The first-order valence-corrected chi connectivity index (χ1v) is 6.28. The summed E-state index contributed by atoms with van der Waals surface area (Å²) >= 11 is 0. The number of rotatable bonds is 4. The first-order valence-electron chi connectivity index (χ1n) is 6.28. The van der Waals surface area contributed by atoms with Crippen LogP contribution in [-0.2, 0) is 4.79 Å². The number of hydrazone groups is 1. The zero-order chi connectivity index (χ0) is 13.5. The molecule has 1 aliphatic rings. The summed E-state index contributed by atoms with van der Waals surface area (Å²) in [6.07, 6.45) is 1.44. The summed E-state index contributed by atoms with van der Waals surface area (Å²) in [5, 5.41) is 16.6. The van der Waals surface area contributed by atoms with E-state index in [1.165, 1.54) is 6.21 Å². The van der Waals surface area contributed by atoms with Gasteiger partial charge < -0.3 is 10.4 Å². The Labute approximate surface area is 112 Å². The molecule has 1 aromatic carbocycles. The van der Waals surface area contributed by atoms with E-state index in [9.17, 15) is 9.90 Å². The van der Waals surface area contributed by atoms with Crippen LogP contribution in [0.4, 0.5) is 0 Å². The van der Waals surface area contributed by atoms with E-state index in [0.29, 0.717) is 12.1 Å². The molecule has 0 spiro atoms. The second-order valence-corrected chi connectivity index (χ2v) is 4.38. The van der Waals surface area contributed by atoms with E-state index in [1.807, 2.05) is 0 Å². The van der Waals surface area contributed by atoms with Gasteiger partial charge >= 0.3 is 0 Å². The molecule has 0 bridgehead atoms. The number of carbonyl (C=O) groups excluding carboxylic acids is 1. The third kappa shape index (κ3) is 4.35. The monoisotopic (exact) mass is 262 g/mol. The molecule has 0 saturated carbocycles. The fourth-order valence-electron chi connectivity index (χ4n) is 1.88. The number of amides is 1. The molecule has 0 atom stereocenters. The Kier molecular flexibility index (Phi) is 4.88. The van der Waals surface area contributed by atoms with Crippen LogP contribution in [0.1, 0.15) is 5.56 Å². The van der Waals surface area contributed by atoms with Crippen molar-refractivity contribution in [1.82, 2.24) is 15.6 Å². The number of phenolic OH excluding ortho intramolecular Hbond substituents is 1. The first kappa shape index (κ1) is 13.5. The van der Waals surface area contributed by atoms with Gasteiger partial charge in [-0.2, -0.15) is 5.10 Å². The number of aromatic hydroxyl groups is 1. The average Bonchev–Trinajstić information content (AvgIpc) is 2.42. The molecule has 6 heteroatoms. The Hall–Kier alpha value is -1.92. The summed E-state index contributed by atoms with van der Waals surface area (Å²) in [7, 11) is 0. The molecular formula is C13H18N4O2. The standard InChI is InChI=1S/C13H18N4O2/c18-12-4-2-1-3-11(12)9-15-16-13(19)10-17-7-5-14-6-8-17/h1-4,9,14,18H,5-8,10H2,(H,16,19)/b15-9+. The lowest BCUT2D eigenvalue weighted by molar-refractivity contribution is -0.122. The lowest BCUT2D eigenvalue weighted by Crippen LogP contribution is -2.47. The van der Waals surface area contributed by atoms with Crippen LogP contribution >= 0.6 is 0 Å². The molecule has 1 heterocycles. The number of nitrogens with zero attached hydrogens (tertiary/aromatic N) is 2. The topological polar surface area (TPSA) is 77.0 Å². The number of hydrogen-bond acceptors (Lipinski definition) is 5. The van der Waals surface area contributed by atoms with Gasteiger partial charge in [0.05, 0.1) is 12.8 Å². The predicted octanol–water partition coefficient (Wildman–Crippen LogP) is -0.252. The number of benzene rings is 1. The molecule has 0 unspecified atom stereocenters. The molecule has 0 aliphatic carbocycles. The lowest BCUT2D eigenvalue weighted by Gasteiger charge is -2.25. The zero-order valence-electron chi connectivity index (χ0n) is 10.7. The van der Waals surface area contributed by atoms with Gasteiger partial charge in [-0.25, -0.2) is 5.43 Å².